The number of amides is 1. The summed E-state index contributed by atoms with van der Waals surface area (Å²) in [5.41, 5.74) is 3.37. The van der Waals surface area contributed by atoms with Crippen LogP contribution in [-0.2, 0) is 28.8 Å². The van der Waals surface area contributed by atoms with Gasteiger partial charge in [-0.3, -0.25) is 4.79 Å². The number of hydrogen-bond donors (Lipinski definition) is 0. The zero-order valence-corrected chi connectivity index (χ0v) is 16.0. The minimum atomic E-state index is -0.796. The maximum absolute atomic E-state index is 12.9. The Hall–Kier alpha value is -2.14. The molecular weight excluding hydrogens is 346 g/mol. The van der Waals surface area contributed by atoms with E-state index in [1.165, 1.54) is 34.6 Å². The summed E-state index contributed by atoms with van der Waals surface area (Å²) < 4.78 is 5.53. The monoisotopic (exact) mass is 369 g/mol. The Morgan fingerprint density at radius 3 is 2.77 bits per heavy atom. The highest BCUT2D eigenvalue weighted by Crippen LogP contribution is 2.33. The largest absolute Gasteiger partial charge is 0.448 e. The van der Waals surface area contributed by atoms with Crippen molar-refractivity contribution in [2.24, 2.45) is 0 Å². The number of para-hydroxylation sites is 1. The number of rotatable bonds is 3. The first kappa shape index (κ1) is 17.3. The van der Waals surface area contributed by atoms with Gasteiger partial charge in [0.2, 0.25) is 0 Å². The molecule has 5 heteroatoms. The van der Waals surface area contributed by atoms with E-state index >= 15 is 0 Å². The predicted molar refractivity (Wildman–Crippen MR) is 103 cm³/mol. The first-order chi connectivity index (χ1) is 12.5. The summed E-state index contributed by atoms with van der Waals surface area (Å²) >= 11 is 1.52. The summed E-state index contributed by atoms with van der Waals surface area (Å²) in [5, 5.41) is 0. The van der Waals surface area contributed by atoms with E-state index in [9.17, 15) is 9.59 Å². The van der Waals surface area contributed by atoms with Crippen LogP contribution in [0.1, 0.15) is 52.4 Å². The van der Waals surface area contributed by atoms with E-state index in [1.807, 2.05) is 37.3 Å². The molecule has 0 saturated carbocycles. The summed E-state index contributed by atoms with van der Waals surface area (Å²) in [7, 11) is 0. The number of benzene rings is 1. The molecule has 1 aliphatic carbocycles. The molecule has 2 atom stereocenters. The third kappa shape index (κ3) is 3.05. The van der Waals surface area contributed by atoms with Crippen molar-refractivity contribution in [3.8, 4) is 0 Å². The first-order valence-electron chi connectivity index (χ1n) is 9.28. The lowest BCUT2D eigenvalue weighted by Gasteiger charge is -2.25. The van der Waals surface area contributed by atoms with E-state index in [1.54, 1.807) is 11.8 Å². The molecule has 1 aliphatic heterocycles. The topological polar surface area (TPSA) is 46.6 Å². The van der Waals surface area contributed by atoms with Gasteiger partial charge in [0.25, 0.3) is 5.91 Å². The summed E-state index contributed by atoms with van der Waals surface area (Å²) in [5.74, 6) is -0.539. The lowest BCUT2D eigenvalue weighted by Crippen LogP contribution is -2.43. The second-order valence-corrected chi connectivity index (χ2v) is 8.34. The third-order valence-corrected chi connectivity index (χ3v) is 6.49. The summed E-state index contributed by atoms with van der Waals surface area (Å²) in [6.45, 7) is 3.70. The highest BCUT2D eigenvalue weighted by Gasteiger charge is 2.34. The van der Waals surface area contributed by atoms with Gasteiger partial charge in [0.15, 0.2) is 6.10 Å². The number of aryl methyl sites for hydroxylation is 2. The molecule has 2 aromatic rings. The van der Waals surface area contributed by atoms with E-state index < -0.39 is 6.10 Å². The molecule has 2 aliphatic rings. The molecule has 0 bridgehead atoms. The van der Waals surface area contributed by atoms with E-state index in [4.69, 9.17) is 4.74 Å². The number of hydrogen-bond acceptors (Lipinski definition) is 4. The predicted octanol–water partition coefficient (Wildman–Crippen LogP) is 4.15. The molecule has 0 spiro atoms. The van der Waals surface area contributed by atoms with Crippen molar-refractivity contribution in [1.29, 1.82) is 0 Å². The maximum Gasteiger partial charge on any atom is 0.349 e. The van der Waals surface area contributed by atoms with Crippen LogP contribution in [0.4, 0.5) is 5.69 Å². The number of esters is 1. The zero-order valence-electron chi connectivity index (χ0n) is 15.2. The van der Waals surface area contributed by atoms with Crippen molar-refractivity contribution in [1.82, 2.24) is 0 Å². The Morgan fingerprint density at radius 1 is 1.19 bits per heavy atom. The Bertz CT molecular complexity index is 833. The Balaban J connectivity index is 1.47. The molecule has 1 aromatic heterocycles. The average molecular weight is 369 g/mol. The molecule has 136 valence electrons. The van der Waals surface area contributed by atoms with Gasteiger partial charge in [-0.05, 0) is 69.2 Å². The molecule has 0 N–H and O–H groups in total. The quantitative estimate of drug-likeness (QED) is 0.764. The van der Waals surface area contributed by atoms with E-state index in [0.717, 1.165) is 30.5 Å². The van der Waals surface area contributed by atoms with Crippen molar-refractivity contribution >= 4 is 28.9 Å². The number of anilines is 1. The van der Waals surface area contributed by atoms with Crippen LogP contribution < -0.4 is 4.90 Å². The molecule has 2 heterocycles. The van der Waals surface area contributed by atoms with Crippen molar-refractivity contribution < 1.29 is 14.3 Å². The van der Waals surface area contributed by atoms with E-state index in [0.29, 0.717) is 4.88 Å². The molecule has 0 unspecified atom stereocenters. The van der Waals surface area contributed by atoms with E-state index in [-0.39, 0.29) is 17.9 Å². The molecule has 4 rings (SSSR count). The average Bonchev–Trinajstić information content (AvgIpc) is 3.21. The molecule has 0 radical (unpaired) electrons. The van der Waals surface area contributed by atoms with Crippen molar-refractivity contribution in [3.05, 3.63) is 51.2 Å². The fourth-order valence-corrected chi connectivity index (χ4v) is 5.09. The zero-order chi connectivity index (χ0) is 18.3. The van der Waals surface area contributed by atoms with Gasteiger partial charge in [0.05, 0.1) is 0 Å². The van der Waals surface area contributed by atoms with Crippen LogP contribution in [-0.4, -0.2) is 24.0 Å². The Labute approximate surface area is 157 Å². The van der Waals surface area contributed by atoms with Crippen molar-refractivity contribution in [2.75, 3.05) is 4.90 Å². The van der Waals surface area contributed by atoms with Crippen LogP contribution in [0.3, 0.4) is 0 Å². The Morgan fingerprint density at radius 2 is 1.96 bits per heavy atom. The molecule has 0 fully saturated rings. The Kier molecular flexibility index (Phi) is 4.57. The fourth-order valence-electron chi connectivity index (χ4n) is 3.96. The van der Waals surface area contributed by atoms with Gasteiger partial charge in [-0.15, -0.1) is 11.3 Å². The minimum Gasteiger partial charge on any atom is -0.448 e. The van der Waals surface area contributed by atoms with Gasteiger partial charge in [-0.1, -0.05) is 18.2 Å². The third-order valence-electron chi connectivity index (χ3n) is 5.27. The lowest BCUT2D eigenvalue weighted by atomic mass is 9.99. The van der Waals surface area contributed by atoms with Crippen molar-refractivity contribution in [2.45, 2.75) is 58.1 Å². The van der Waals surface area contributed by atoms with Crippen molar-refractivity contribution in [3.63, 3.8) is 0 Å². The molecular formula is C21H23NO3S. The van der Waals surface area contributed by atoms with Gasteiger partial charge in [-0.25, -0.2) is 4.79 Å². The highest BCUT2D eigenvalue weighted by molar-refractivity contribution is 7.14. The van der Waals surface area contributed by atoms with Crippen LogP contribution in [0.5, 0.6) is 0 Å². The van der Waals surface area contributed by atoms with Gasteiger partial charge in [0, 0.05) is 16.6 Å². The van der Waals surface area contributed by atoms with Gasteiger partial charge in [-0.2, -0.15) is 0 Å². The minimum absolute atomic E-state index is 0.0788. The van der Waals surface area contributed by atoms with Crippen LogP contribution in [0, 0.1) is 0 Å². The normalized spacial score (nSPS) is 19.6. The van der Waals surface area contributed by atoms with Crippen LogP contribution in [0.25, 0.3) is 0 Å². The lowest BCUT2D eigenvalue weighted by molar-refractivity contribution is -0.126. The van der Waals surface area contributed by atoms with Gasteiger partial charge < -0.3 is 9.64 Å². The highest BCUT2D eigenvalue weighted by atomic mass is 32.1. The molecule has 0 saturated heterocycles. The second kappa shape index (κ2) is 6.88. The maximum atomic E-state index is 12.9. The number of ether oxygens (including phenoxy) is 1. The summed E-state index contributed by atoms with van der Waals surface area (Å²) in [6, 6.07) is 9.96. The van der Waals surface area contributed by atoms with E-state index in [2.05, 4.69) is 0 Å². The van der Waals surface area contributed by atoms with Gasteiger partial charge >= 0.3 is 5.97 Å². The SMILES string of the molecule is C[C@@H](OC(=O)c1cc2c(s1)CCCC2)C(=O)N1c2ccccc2C[C@@H]1C. The fraction of sp³-hybridized carbons (Fsp3) is 0.429. The number of nitrogens with zero attached hydrogens (tertiary/aromatic N) is 1. The number of carbonyl (C=O) groups excluding carboxylic acids is 2. The standard InChI is InChI=1S/C21H23NO3S/c1-13-11-15-7-3-5-9-17(15)22(13)20(23)14(2)25-21(24)19-12-16-8-4-6-10-18(16)26-19/h3,5,7,9,12-14H,4,6,8,10-11H2,1-2H3/t13-,14+/m0/s1. The molecule has 1 amide bonds. The first-order valence-corrected chi connectivity index (χ1v) is 10.1. The smallest absolute Gasteiger partial charge is 0.349 e. The number of thiophene rings is 1. The number of fused-ring (bicyclic) bond motifs is 2. The number of carbonyl (C=O) groups is 2. The molecule has 1 aromatic carbocycles. The van der Waals surface area contributed by atoms with Crippen LogP contribution in [0.15, 0.2) is 30.3 Å². The molecule has 26 heavy (non-hydrogen) atoms. The molecule has 4 nitrogen and oxygen atoms in total. The summed E-state index contributed by atoms with van der Waals surface area (Å²) in [6.07, 6.45) is 4.48. The van der Waals surface area contributed by atoms with Crippen LogP contribution in [0.2, 0.25) is 0 Å². The van der Waals surface area contributed by atoms with Crippen LogP contribution >= 0.6 is 11.3 Å². The second-order valence-electron chi connectivity index (χ2n) is 7.20. The van der Waals surface area contributed by atoms with Gasteiger partial charge in [0.1, 0.15) is 4.88 Å². The summed E-state index contributed by atoms with van der Waals surface area (Å²) in [4.78, 5) is 29.2.